The van der Waals surface area contributed by atoms with E-state index < -0.39 is 47.3 Å². The van der Waals surface area contributed by atoms with Crippen LogP contribution in [-0.4, -0.2) is 62.4 Å². The molecule has 12 heteroatoms. The molecular weight excluding hydrogens is 482 g/mol. The van der Waals surface area contributed by atoms with Crippen LogP contribution in [0.1, 0.15) is 27.0 Å². The summed E-state index contributed by atoms with van der Waals surface area (Å²) >= 11 is 6.57. The number of rotatable bonds is 5. The number of halogens is 2. The van der Waals surface area contributed by atoms with Crippen molar-refractivity contribution in [3.05, 3.63) is 11.1 Å². The number of nitrogens with zero attached hydrogens (tertiary/aromatic N) is 3. The lowest BCUT2D eigenvalue weighted by Crippen LogP contribution is -2.57. The van der Waals surface area contributed by atoms with Crippen LogP contribution in [0, 0.1) is 0 Å². The molecule has 0 aromatic carbocycles. The van der Waals surface area contributed by atoms with E-state index in [2.05, 4.69) is 41.9 Å². The Morgan fingerprint density at radius 2 is 1.77 bits per heavy atom. The van der Waals surface area contributed by atoms with Crippen molar-refractivity contribution in [3.63, 3.8) is 0 Å². The Kier molecular flexibility index (Phi) is 7.12. The molecule has 1 aliphatic rings. The van der Waals surface area contributed by atoms with Crippen LogP contribution in [0.15, 0.2) is 11.1 Å². The lowest BCUT2D eigenvalue weighted by atomic mass is 10.00. The molecule has 0 bridgehead atoms. The van der Waals surface area contributed by atoms with E-state index in [0.717, 1.165) is 0 Å². The first kappa shape index (κ1) is 20.8. The smallest absolute Gasteiger partial charge is 0.303 e. The van der Waals surface area contributed by atoms with Crippen LogP contribution in [0.3, 0.4) is 0 Å². The Labute approximate surface area is 165 Å². The van der Waals surface area contributed by atoms with Crippen molar-refractivity contribution < 1.29 is 33.3 Å². The van der Waals surface area contributed by atoms with Gasteiger partial charge >= 0.3 is 17.9 Å². The molecule has 10 nitrogen and oxygen atoms in total. The van der Waals surface area contributed by atoms with E-state index in [4.69, 9.17) is 18.9 Å². The van der Waals surface area contributed by atoms with E-state index in [1.807, 2.05) is 0 Å². The minimum Gasteiger partial charge on any atom is -0.463 e. The molecule has 1 aromatic heterocycles. The first-order valence-corrected chi connectivity index (χ1v) is 9.24. The van der Waals surface area contributed by atoms with Gasteiger partial charge in [-0.1, -0.05) is 15.9 Å². The molecule has 1 aromatic rings. The molecule has 0 radical (unpaired) electrons. The molecular formula is C14H17Br2N3O7. The number of ether oxygens (including phenoxy) is 4. The van der Waals surface area contributed by atoms with E-state index in [9.17, 15) is 14.4 Å². The Hall–Kier alpha value is -1.53. The number of hydrogen-bond acceptors (Lipinski definition) is 9. The zero-order chi connectivity index (χ0) is 19.4. The van der Waals surface area contributed by atoms with Crippen molar-refractivity contribution >= 4 is 49.8 Å². The summed E-state index contributed by atoms with van der Waals surface area (Å²) in [5.41, 5.74) is 0. The van der Waals surface area contributed by atoms with E-state index >= 15 is 0 Å². The van der Waals surface area contributed by atoms with Gasteiger partial charge in [-0.25, -0.2) is 9.67 Å². The Bertz CT molecular complexity index is 683. The molecule has 1 saturated heterocycles. The van der Waals surface area contributed by atoms with E-state index in [0.29, 0.717) is 4.73 Å². The van der Waals surface area contributed by atoms with Crippen LogP contribution in [0.25, 0.3) is 0 Å². The number of carbonyl (C=O) groups is 3. The highest BCUT2D eigenvalue weighted by Crippen LogP contribution is 2.36. The predicted molar refractivity (Wildman–Crippen MR) is 92.1 cm³/mol. The van der Waals surface area contributed by atoms with Crippen LogP contribution < -0.4 is 0 Å². The van der Waals surface area contributed by atoms with Crippen LogP contribution in [0.4, 0.5) is 0 Å². The molecule has 2 heterocycles. The highest BCUT2D eigenvalue weighted by Gasteiger charge is 2.50. The molecule has 144 valence electrons. The van der Waals surface area contributed by atoms with Gasteiger partial charge < -0.3 is 18.9 Å². The largest absolute Gasteiger partial charge is 0.463 e. The number of esters is 3. The molecule has 2 rings (SSSR count). The van der Waals surface area contributed by atoms with Gasteiger partial charge in [0.05, 0.1) is 0 Å². The minimum atomic E-state index is -0.983. The van der Waals surface area contributed by atoms with E-state index in [1.165, 1.54) is 31.8 Å². The number of aromatic nitrogens is 3. The standard InChI is InChI=1S/C14H17Br2N3O7/c1-6(20)23-4-9-11(24-7(2)21)12(25-8(3)22)10(15)13(26-9)19-5-17-14(16)18-19/h5,9-13H,4H2,1-3H3/t9-,10-,11-,12-,13+/m1/s1. The molecule has 0 saturated carbocycles. The van der Waals surface area contributed by atoms with Crippen LogP contribution in [0.2, 0.25) is 0 Å². The summed E-state index contributed by atoms with van der Waals surface area (Å²) in [5.74, 6) is -1.69. The minimum absolute atomic E-state index is 0.197. The van der Waals surface area contributed by atoms with Gasteiger partial charge in [-0.15, -0.1) is 5.10 Å². The van der Waals surface area contributed by atoms with Crippen LogP contribution in [-0.2, 0) is 33.3 Å². The van der Waals surface area contributed by atoms with E-state index in [-0.39, 0.29) is 6.61 Å². The van der Waals surface area contributed by atoms with Crippen molar-refractivity contribution in [3.8, 4) is 0 Å². The van der Waals surface area contributed by atoms with Crippen LogP contribution >= 0.6 is 31.9 Å². The van der Waals surface area contributed by atoms with Crippen molar-refractivity contribution in [1.29, 1.82) is 0 Å². The topological polar surface area (TPSA) is 119 Å². The third-order valence-corrected chi connectivity index (χ3v) is 4.72. The average Bonchev–Trinajstić information content (AvgIpc) is 2.95. The highest BCUT2D eigenvalue weighted by atomic mass is 79.9. The van der Waals surface area contributed by atoms with Gasteiger partial charge in [0, 0.05) is 20.8 Å². The number of alkyl halides is 1. The number of carbonyl (C=O) groups excluding carboxylic acids is 3. The van der Waals surface area contributed by atoms with Gasteiger partial charge in [0.15, 0.2) is 18.4 Å². The fourth-order valence-electron chi connectivity index (χ4n) is 2.46. The summed E-state index contributed by atoms with van der Waals surface area (Å²) in [6, 6.07) is 0. The quantitative estimate of drug-likeness (QED) is 0.334. The Morgan fingerprint density at radius 1 is 1.15 bits per heavy atom. The van der Waals surface area contributed by atoms with Gasteiger partial charge in [-0.3, -0.25) is 14.4 Å². The molecule has 5 atom stereocenters. The van der Waals surface area contributed by atoms with Crippen molar-refractivity contribution in [2.24, 2.45) is 0 Å². The van der Waals surface area contributed by atoms with Gasteiger partial charge in [-0.05, 0) is 15.9 Å². The summed E-state index contributed by atoms with van der Waals surface area (Å²) in [4.78, 5) is 37.6. The van der Waals surface area contributed by atoms with E-state index in [1.54, 1.807) is 0 Å². The SMILES string of the molecule is CC(=O)OC[C@H]1O[C@H](n2cnc(Br)n2)[C@H](Br)[C@@H](OC(C)=O)[C@@H]1OC(C)=O. The summed E-state index contributed by atoms with van der Waals surface area (Å²) in [7, 11) is 0. The maximum atomic E-state index is 11.6. The molecule has 26 heavy (non-hydrogen) atoms. The molecule has 0 aliphatic carbocycles. The van der Waals surface area contributed by atoms with Crippen molar-refractivity contribution in [2.45, 2.75) is 50.1 Å². The first-order chi connectivity index (χ1) is 12.2. The summed E-state index contributed by atoms with van der Waals surface area (Å²) in [5, 5.41) is 4.13. The average molecular weight is 499 g/mol. The third kappa shape index (κ3) is 5.24. The van der Waals surface area contributed by atoms with Gasteiger partial charge in [-0.2, -0.15) is 0 Å². The maximum absolute atomic E-state index is 11.6. The second-order valence-corrected chi connectivity index (χ2v) is 7.22. The second-order valence-electron chi connectivity index (χ2n) is 5.45. The third-order valence-electron chi connectivity index (χ3n) is 3.39. The van der Waals surface area contributed by atoms with Gasteiger partial charge in [0.2, 0.25) is 4.73 Å². The fraction of sp³-hybridized carbons (Fsp3) is 0.643. The lowest BCUT2D eigenvalue weighted by Gasteiger charge is -2.42. The number of hydrogen-bond donors (Lipinski definition) is 0. The zero-order valence-corrected chi connectivity index (χ0v) is 17.3. The lowest BCUT2D eigenvalue weighted by molar-refractivity contribution is -0.224. The molecule has 1 fully saturated rings. The molecule has 0 N–H and O–H groups in total. The van der Waals surface area contributed by atoms with Crippen LogP contribution in [0.5, 0.6) is 0 Å². The predicted octanol–water partition coefficient (Wildman–Crippen LogP) is 1.13. The summed E-state index contributed by atoms with van der Waals surface area (Å²) in [6.45, 7) is 3.50. The molecule has 1 aliphatic heterocycles. The maximum Gasteiger partial charge on any atom is 0.303 e. The molecule has 0 amide bonds. The van der Waals surface area contributed by atoms with Crippen molar-refractivity contribution in [1.82, 2.24) is 14.8 Å². The van der Waals surface area contributed by atoms with Gasteiger partial charge in [0.1, 0.15) is 23.9 Å². The highest BCUT2D eigenvalue weighted by molar-refractivity contribution is 9.10. The monoisotopic (exact) mass is 497 g/mol. The Balaban J connectivity index is 2.35. The van der Waals surface area contributed by atoms with Gasteiger partial charge in [0.25, 0.3) is 0 Å². The summed E-state index contributed by atoms with van der Waals surface area (Å²) in [6.07, 6.45) is -2.11. The normalized spacial score (nSPS) is 28.3. The first-order valence-electron chi connectivity index (χ1n) is 7.53. The molecule has 0 spiro atoms. The fourth-order valence-corrected chi connectivity index (χ4v) is 3.51. The zero-order valence-electron chi connectivity index (χ0n) is 14.1. The Morgan fingerprint density at radius 3 is 2.27 bits per heavy atom. The second kappa shape index (κ2) is 8.91. The van der Waals surface area contributed by atoms with Crippen molar-refractivity contribution in [2.75, 3.05) is 6.61 Å². The molecule has 0 unspecified atom stereocenters. The summed E-state index contributed by atoms with van der Waals surface area (Å²) < 4.78 is 23.3.